The van der Waals surface area contributed by atoms with Crippen LogP contribution in [0.5, 0.6) is 0 Å². The third-order valence-corrected chi connectivity index (χ3v) is 7.58. The molecule has 3 aromatic rings. The summed E-state index contributed by atoms with van der Waals surface area (Å²) in [7, 11) is 0. The fourth-order valence-electron chi connectivity index (χ4n) is 3.43. The van der Waals surface area contributed by atoms with Crippen molar-refractivity contribution in [3.05, 3.63) is 86.8 Å². The van der Waals surface area contributed by atoms with Gasteiger partial charge in [-0.15, -0.1) is 23.1 Å². The number of halogens is 2. The van der Waals surface area contributed by atoms with Crippen molar-refractivity contribution in [2.45, 2.75) is 10.6 Å². The molecule has 4 nitrogen and oxygen atoms in total. The molecule has 4 rings (SSSR count). The summed E-state index contributed by atoms with van der Waals surface area (Å²) in [5, 5.41) is 2.15. The van der Waals surface area contributed by atoms with Crippen LogP contribution in [-0.2, 0) is 5.75 Å². The van der Waals surface area contributed by atoms with Crippen molar-refractivity contribution in [1.29, 1.82) is 0 Å². The highest BCUT2D eigenvalue weighted by atomic mass is 35.5. The van der Waals surface area contributed by atoms with Crippen LogP contribution in [0.3, 0.4) is 0 Å². The topological polar surface area (TPSA) is 40.6 Å². The van der Waals surface area contributed by atoms with Gasteiger partial charge in [0.2, 0.25) is 0 Å². The van der Waals surface area contributed by atoms with Crippen LogP contribution in [0.25, 0.3) is 0 Å². The number of benzene rings is 2. The largest absolute Gasteiger partial charge is 0.335 e. The zero-order chi connectivity index (χ0) is 21.8. The summed E-state index contributed by atoms with van der Waals surface area (Å²) < 4.78 is 13.3. The Hall–Kier alpha value is -2.35. The Kier molecular flexibility index (Phi) is 6.95. The van der Waals surface area contributed by atoms with E-state index in [0.29, 0.717) is 31.7 Å². The van der Waals surface area contributed by atoms with Crippen molar-refractivity contribution in [3.63, 3.8) is 0 Å². The Bertz CT molecular complexity index is 1080. The average Bonchev–Trinajstić information content (AvgIpc) is 3.31. The molecule has 160 valence electrons. The first kappa shape index (κ1) is 21.9. The van der Waals surface area contributed by atoms with E-state index in [1.54, 1.807) is 32.9 Å². The minimum Gasteiger partial charge on any atom is -0.335 e. The molecule has 1 aliphatic heterocycles. The van der Waals surface area contributed by atoms with E-state index in [0.717, 1.165) is 16.7 Å². The summed E-state index contributed by atoms with van der Waals surface area (Å²) in [6, 6.07) is 15.5. The van der Waals surface area contributed by atoms with E-state index in [4.69, 9.17) is 11.6 Å². The summed E-state index contributed by atoms with van der Waals surface area (Å²) in [5.41, 5.74) is 0.962. The van der Waals surface area contributed by atoms with Gasteiger partial charge in [0, 0.05) is 41.7 Å². The summed E-state index contributed by atoms with van der Waals surface area (Å²) in [6.07, 6.45) is 0. The van der Waals surface area contributed by atoms with Crippen molar-refractivity contribution >= 4 is 46.5 Å². The number of rotatable bonds is 5. The molecule has 1 aliphatic rings. The maximum absolute atomic E-state index is 13.3. The Balaban J connectivity index is 1.40. The number of hydrogen-bond acceptors (Lipinski definition) is 4. The van der Waals surface area contributed by atoms with Gasteiger partial charge in [-0.3, -0.25) is 9.59 Å². The molecule has 0 unspecified atom stereocenters. The van der Waals surface area contributed by atoms with E-state index in [1.165, 1.54) is 17.0 Å². The van der Waals surface area contributed by atoms with Gasteiger partial charge in [0.05, 0.1) is 16.1 Å². The summed E-state index contributed by atoms with van der Waals surface area (Å²) >= 11 is 9.39. The monoisotopic (exact) mass is 474 g/mol. The van der Waals surface area contributed by atoms with Crippen LogP contribution < -0.4 is 0 Å². The van der Waals surface area contributed by atoms with Crippen LogP contribution in [0.1, 0.15) is 25.6 Å². The third kappa shape index (κ3) is 5.11. The molecule has 0 N–H and O–H groups in total. The zero-order valence-corrected chi connectivity index (χ0v) is 19.0. The molecule has 8 heteroatoms. The van der Waals surface area contributed by atoms with Gasteiger partial charge in [0.25, 0.3) is 11.8 Å². The van der Waals surface area contributed by atoms with E-state index in [1.807, 2.05) is 35.7 Å². The van der Waals surface area contributed by atoms with Crippen LogP contribution >= 0.6 is 34.7 Å². The van der Waals surface area contributed by atoms with Crippen LogP contribution in [-0.4, -0.2) is 47.8 Å². The molecule has 1 fully saturated rings. The molecule has 0 spiro atoms. The lowest BCUT2D eigenvalue weighted by molar-refractivity contribution is 0.0533. The number of thiophene rings is 1. The highest BCUT2D eigenvalue weighted by Crippen LogP contribution is 2.29. The van der Waals surface area contributed by atoms with Gasteiger partial charge in [0.1, 0.15) is 5.82 Å². The number of piperazine rings is 1. The molecular formula is C23H20ClFN2O2S2. The highest BCUT2D eigenvalue weighted by molar-refractivity contribution is 7.98. The van der Waals surface area contributed by atoms with Gasteiger partial charge in [-0.2, -0.15) is 0 Å². The molecular weight excluding hydrogens is 455 g/mol. The molecule has 0 atom stereocenters. The number of hydrogen-bond donors (Lipinski definition) is 0. The minimum absolute atomic E-state index is 0.0267. The molecule has 0 radical (unpaired) electrons. The molecule has 2 heterocycles. The molecule has 0 aliphatic carbocycles. The Morgan fingerprint density at radius 3 is 2.26 bits per heavy atom. The van der Waals surface area contributed by atoms with Gasteiger partial charge in [-0.25, -0.2) is 4.39 Å². The molecule has 2 aromatic carbocycles. The second-order valence-electron chi connectivity index (χ2n) is 7.07. The first-order valence-corrected chi connectivity index (χ1v) is 12.0. The van der Waals surface area contributed by atoms with E-state index in [-0.39, 0.29) is 22.4 Å². The number of nitrogens with zero attached hydrogens (tertiary/aromatic N) is 2. The predicted molar refractivity (Wildman–Crippen MR) is 124 cm³/mol. The maximum Gasteiger partial charge on any atom is 0.255 e. The van der Waals surface area contributed by atoms with Crippen LogP contribution in [0.15, 0.2) is 64.9 Å². The normalized spacial score (nSPS) is 14.0. The van der Waals surface area contributed by atoms with Crippen molar-refractivity contribution in [3.8, 4) is 0 Å². The molecule has 1 aromatic heterocycles. The third-order valence-electron chi connectivity index (χ3n) is 5.08. The quantitative estimate of drug-likeness (QED) is 0.463. The first-order chi connectivity index (χ1) is 15.0. The Morgan fingerprint density at radius 2 is 1.61 bits per heavy atom. The number of thioether (sulfide) groups is 1. The van der Waals surface area contributed by atoms with Crippen molar-refractivity contribution in [2.75, 3.05) is 26.2 Å². The lowest BCUT2D eigenvalue weighted by atomic mass is 10.1. The average molecular weight is 475 g/mol. The van der Waals surface area contributed by atoms with E-state index >= 15 is 0 Å². The van der Waals surface area contributed by atoms with Crippen molar-refractivity contribution in [2.24, 2.45) is 0 Å². The van der Waals surface area contributed by atoms with Crippen LogP contribution in [0.2, 0.25) is 5.02 Å². The molecule has 31 heavy (non-hydrogen) atoms. The number of carbonyl (C=O) groups excluding carboxylic acids is 2. The lowest BCUT2D eigenvalue weighted by Gasteiger charge is -2.35. The van der Waals surface area contributed by atoms with Gasteiger partial charge < -0.3 is 9.80 Å². The van der Waals surface area contributed by atoms with E-state index in [9.17, 15) is 14.0 Å². The number of carbonyl (C=O) groups is 2. The first-order valence-electron chi connectivity index (χ1n) is 9.81. The predicted octanol–water partition coefficient (Wildman–Crippen LogP) is 5.43. The summed E-state index contributed by atoms with van der Waals surface area (Å²) in [5.74, 6) is 0.0700. The van der Waals surface area contributed by atoms with Gasteiger partial charge in [0.15, 0.2) is 0 Å². The maximum atomic E-state index is 13.3. The molecule has 0 saturated carbocycles. The van der Waals surface area contributed by atoms with E-state index < -0.39 is 5.82 Å². The Morgan fingerprint density at radius 1 is 0.935 bits per heavy atom. The van der Waals surface area contributed by atoms with Crippen molar-refractivity contribution in [1.82, 2.24) is 9.80 Å². The van der Waals surface area contributed by atoms with Crippen LogP contribution in [0, 0.1) is 5.82 Å². The minimum atomic E-state index is -0.479. The van der Waals surface area contributed by atoms with Gasteiger partial charge >= 0.3 is 0 Å². The second kappa shape index (κ2) is 9.85. The molecule has 0 bridgehead atoms. The Labute approximate surface area is 193 Å². The molecule has 1 saturated heterocycles. The smallest absolute Gasteiger partial charge is 0.255 e. The van der Waals surface area contributed by atoms with Gasteiger partial charge in [-0.05, 0) is 41.8 Å². The summed E-state index contributed by atoms with van der Waals surface area (Å²) in [6.45, 7) is 1.69. The second-order valence-corrected chi connectivity index (χ2v) is 9.53. The van der Waals surface area contributed by atoms with Crippen molar-refractivity contribution < 1.29 is 14.0 Å². The fraction of sp³-hybridized carbons (Fsp3) is 0.217. The van der Waals surface area contributed by atoms with Gasteiger partial charge in [-0.1, -0.05) is 29.8 Å². The SMILES string of the molecule is O=C(c1ccc(F)cc1Cl)N1CCN(C(=O)c2ccccc2SCc2cccs2)CC1. The molecule has 2 amide bonds. The number of amides is 2. The highest BCUT2D eigenvalue weighted by Gasteiger charge is 2.27. The lowest BCUT2D eigenvalue weighted by Crippen LogP contribution is -2.50. The van der Waals surface area contributed by atoms with Crippen LogP contribution in [0.4, 0.5) is 4.39 Å². The fourth-order valence-corrected chi connectivity index (χ4v) is 5.49. The standard InChI is InChI=1S/C23H20ClFN2O2S2/c24-20-14-16(25)7-8-18(20)22(28)26-9-11-27(12-10-26)23(29)19-5-1-2-6-21(19)31-15-17-4-3-13-30-17/h1-8,13-14H,9-12,15H2. The van der Waals surface area contributed by atoms with E-state index in [2.05, 4.69) is 6.07 Å². The summed E-state index contributed by atoms with van der Waals surface area (Å²) in [4.78, 5) is 31.6. The zero-order valence-electron chi connectivity index (χ0n) is 16.6.